The third-order valence-electron chi connectivity index (χ3n) is 1.93. The second-order valence-corrected chi connectivity index (χ2v) is 4.27. The van der Waals surface area contributed by atoms with Gasteiger partial charge in [-0.25, -0.2) is 0 Å². The lowest BCUT2D eigenvalue weighted by molar-refractivity contribution is 1.33. The highest BCUT2D eigenvalue weighted by Gasteiger charge is 2.04. The van der Waals surface area contributed by atoms with Crippen molar-refractivity contribution in [3.05, 3.63) is 51.6 Å². The lowest BCUT2D eigenvalue weighted by Gasteiger charge is -2.03. The number of pyridine rings is 1. The molecule has 1 aromatic carbocycles. The Morgan fingerprint density at radius 3 is 2.20 bits per heavy atom. The van der Waals surface area contributed by atoms with Crippen molar-refractivity contribution in [1.82, 2.24) is 4.98 Å². The topological polar surface area (TPSA) is 12.9 Å². The van der Waals surface area contributed by atoms with Crippen LogP contribution in [0.15, 0.2) is 36.5 Å². The minimum Gasteiger partial charge on any atom is -0.255 e. The number of hydrogen-bond acceptors (Lipinski definition) is 1. The summed E-state index contributed by atoms with van der Waals surface area (Å²) >= 11 is 17.6. The Kier molecular flexibility index (Phi) is 3.15. The van der Waals surface area contributed by atoms with Crippen molar-refractivity contribution in [2.75, 3.05) is 0 Å². The van der Waals surface area contributed by atoms with Gasteiger partial charge in [0.25, 0.3) is 0 Å². The van der Waals surface area contributed by atoms with Crippen LogP contribution in [0.5, 0.6) is 0 Å². The summed E-state index contributed by atoms with van der Waals surface area (Å²) in [6.45, 7) is 0. The minimum absolute atomic E-state index is 0.581. The number of nitrogens with zero attached hydrogens (tertiary/aromatic N) is 1. The Morgan fingerprint density at radius 1 is 0.867 bits per heavy atom. The predicted molar refractivity (Wildman–Crippen MR) is 64.7 cm³/mol. The fourth-order valence-corrected chi connectivity index (χ4v) is 1.85. The predicted octanol–water partition coefficient (Wildman–Crippen LogP) is 4.71. The molecule has 1 aromatic heterocycles. The van der Waals surface area contributed by atoms with E-state index in [2.05, 4.69) is 4.98 Å². The van der Waals surface area contributed by atoms with E-state index in [1.165, 1.54) is 0 Å². The van der Waals surface area contributed by atoms with Crippen LogP contribution in [-0.2, 0) is 0 Å². The summed E-state index contributed by atoms with van der Waals surface area (Å²) in [5.41, 5.74) is 1.62. The molecule has 0 saturated carbocycles. The summed E-state index contributed by atoms with van der Waals surface area (Å²) < 4.78 is 0. The first-order chi connectivity index (χ1) is 7.16. The zero-order valence-corrected chi connectivity index (χ0v) is 9.81. The Hall–Kier alpha value is -0.760. The van der Waals surface area contributed by atoms with Gasteiger partial charge < -0.3 is 0 Å². The monoisotopic (exact) mass is 257 g/mol. The van der Waals surface area contributed by atoms with E-state index in [4.69, 9.17) is 34.8 Å². The van der Waals surface area contributed by atoms with Gasteiger partial charge in [-0.15, -0.1) is 0 Å². The molecule has 0 fully saturated rings. The first-order valence-electron chi connectivity index (χ1n) is 4.24. The van der Waals surface area contributed by atoms with Crippen molar-refractivity contribution in [2.24, 2.45) is 0 Å². The van der Waals surface area contributed by atoms with E-state index in [9.17, 15) is 0 Å². The van der Waals surface area contributed by atoms with Gasteiger partial charge >= 0.3 is 0 Å². The van der Waals surface area contributed by atoms with Gasteiger partial charge in [0, 0.05) is 16.8 Å². The van der Waals surface area contributed by atoms with Crippen molar-refractivity contribution in [3.8, 4) is 11.3 Å². The van der Waals surface area contributed by atoms with E-state index >= 15 is 0 Å². The van der Waals surface area contributed by atoms with Gasteiger partial charge in [0.15, 0.2) is 0 Å². The molecule has 0 amide bonds. The number of aromatic nitrogens is 1. The van der Waals surface area contributed by atoms with Crippen molar-refractivity contribution in [1.29, 1.82) is 0 Å². The molecule has 2 aromatic rings. The summed E-state index contributed by atoms with van der Waals surface area (Å²) in [4.78, 5) is 4.18. The average Bonchev–Trinajstić information content (AvgIpc) is 2.20. The molecule has 76 valence electrons. The molecule has 1 nitrogen and oxygen atoms in total. The molecule has 0 atom stereocenters. The summed E-state index contributed by atoms with van der Waals surface area (Å²) in [5.74, 6) is 0. The second kappa shape index (κ2) is 4.40. The number of hydrogen-bond donors (Lipinski definition) is 0. The molecule has 2 rings (SSSR count). The Balaban J connectivity index is 2.49. The van der Waals surface area contributed by atoms with Crippen LogP contribution in [0.25, 0.3) is 11.3 Å². The Labute approximate surface area is 103 Å². The van der Waals surface area contributed by atoms with Crippen molar-refractivity contribution in [3.63, 3.8) is 0 Å². The highest BCUT2D eigenvalue weighted by Crippen LogP contribution is 2.29. The summed E-state index contributed by atoms with van der Waals surface area (Å²) in [7, 11) is 0. The van der Waals surface area contributed by atoms with E-state index in [0.717, 1.165) is 11.3 Å². The molecule has 15 heavy (non-hydrogen) atoms. The van der Waals surface area contributed by atoms with Gasteiger partial charge in [0.1, 0.15) is 0 Å². The van der Waals surface area contributed by atoms with Crippen LogP contribution in [0.1, 0.15) is 0 Å². The molecule has 1 heterocycles. The van der Waals surface area contributed by atoms with Crippen molar-refractivity contribution < 1.29 is 0 Å². The Bertz CT molecular complexity index is 480. The van der Waals surface area contributed by atoms with Gasteiger partial charge in [-0.05, 0) is 30.3 Å². The number of rotatable bonds is 1. The number of benzene rings is 1. The molecular formula is C11H6Cl3N. The maximum absolute atomic E-state index is 6.05. The van der Waals surface area contributed by atoms with Crippen LogP contribution in [0, 0.1) is 0 Å². The fourth-order valence-electron chi connectivity index (χ4n) is 1.23. The fraction of sp³-hybridized carbons (Fsp3) is 0. The third-order valence-corrected chi connectivity index (χ3v) is 2.71. The molecule has 0 aliphatic carbocycles. The highest BCUT2D eigenvalue weighted by molar-refractivity contribution is 6.36. The molecule has 0 radical (unpaired) electrons. The quantitative estimate of drug-likeness (QED) is 0.722. The summed E-state index contributed by atoms with van der Waals surface area (Å²) in [5, 5.41) is 1.79. The van der Waals surface area contributed by atoms with E-state index < -0.39 is 0 Å². The lowest BCUT2D eigenvalue weighted by atomic mass is 10.1. The van der Waals surface area contributed by atoms with E-state index in [1.54, 1.807) is 24.4 Å². The van der Waals surface area contributed by atoms with Crippen molar-refractivity contribution >= 4 is 34.8 Å². The van der Waals surface area contributed by atoms with Gasteiger partial charge in [-0.3, -0.25) is 4.98 Å². The molecule has 0 spiro atoms. The zero-order valence-electron chi connectivity index (χ0n) is 7.55. The molecule has 0 bridgehead atoms. The molecule has 0 saturated heterocycles. The second-order valence-electron chi connectivity index (χ2n) is 2.99. The molecular weight excluding hydrogens is 252 g/mol. The largest absolute Gasteiger partial charge is 0.255 e. The van der Waals surface area contributed by atoms with Gasteiger partial charge in [0.05, 0.1) is 15.7 Å². The molecule has 0 N–H and O–H groups in total. The third kappa shape index (κ3) is 2.43. The van der Waals surface area contributed by atoms with Crippen LogP contribution >= 0.6 is 34.8 Å². The molecule has 0 aliphatic heterocycles. The number of halogens is 3. The summed E-state index contributed by atoms with van der Waals surface area (Å²) in [6, 6.07) is 8.89. The zero-order chi connectivity index (χ0) is 10.8. The maximum atomic E-state index is 6.05. The molecule has 0 aliphatic rings. The SMILES string of the molecule is Clc1ccc(-c2ccc(Cl)cc2Cl)nc1. The van der Waals surface area contributed by atoms with E-state index in [0.29, 0.717) is 15.1 Å². The maximum Gasteiger partial charge on any atom is 0.0718 e. The van der Waals surface area contributed by atoms with Gasteiger partial charge in [-0.1, -0.05) is 34.8 Å². The van der Waals surface area contributed by atoms with Crippen molar-refractivity contribution in [2.45, 2.75) is 0 Å². The van der Waals surface area contributed by atoms with Gasteiger partial charge in [0.2, 0.25) is 0 Å². The van der Waals surface area contributed by atoms with E-state index in [-0.39, 0.29) is 0 Å². The molecule has 4 heteroatoms. The van der Waals surface area contributed by atoms with Crippen LogP contribution in [0.3, 0.4) is 0 Å². The standard InChI is InChI=1S/C11H6Cl3N/c12-7-1-3-9(10(14)5-7)11-4-2-8(13)6-15-11/h1-6H. The first-order valence-corrected chi connectivity index (χ1v) is 5.37. The summed E-state index contributed by atoms with van der Waals surface area (Å²) in [6.07, 6.45) is 1.59. The lowest BCUT2D eigenvalue weighted by Crippen LogP contribution is -1.83. The smallest absolute Gasteiger partial charge is 0.0718 e. The van der Waals surface area contributed by atoms with Crippen LogP contribution in [-0.4, -0.2) is 4.98 Å². The normalized spacial score (nSPS) is 10.3. The first kappa shape index (κ1) is 10.7. The van der Waals surface area contributed by atoms with Gasteiger partial charge in [-0.2, -0.15) is 0 Å². The van der Waals surface area contributed by atoms with Crippen LogP contribution in [0.2, 0.25) is 15.1 Å². The van der Waals surface area contributed by atoms with Crippen LogP contribution in [0.4, 0.5) is 0 Å². The molecule has 0 unspecified atom stereocenters. The Morgan fingerprint density at radius 2 is 1.60 bits per heavy atom. The average molecular weight is 259 g/mol. The van der Waals surface area contributed by atoms with E-state index in [1.807, 2.05) is 12.1 Å². The van der Waals surface area contributed by atoms with Crippen LogP contribution < -0.4 is 0 Å². The minimum atomic E-state index is 0.581. The highest BCUT2D eigenvalue weighted by atomic mass is 35.5.